The zero-order valence-electron chi connectivity index (χ0n) is 7.70. The molecular weight excluding hydrogens is 271 g/mol. The van der Waals surface area contributed by atoms with Crippen molar-refractivity contribution in [2.75, 3.05) is 7.11 Å². The van der Waals surface area contributed by atoms with E-state index < -0.39 is 23.6 Å². The third-order valence-corrected chi connectivity index (χ3v) is 2.40. The number of aliphatic hydroxyl groups excluding tert-OH is 1. The number of phenols is 1. The Bertz CT molecular complexity index is 394. The molecule has 4 nitrogen and oxygen atoms in total. The molecule has 0 radical (unpaired) electrons. The van der Waals surface area contributed by atoms with E-state index in [9.17, 15) is 19.4 Å². The number of aromatic hydroxyl groups is 1. The zero-order chi connectivity index (χ0) is 11.6. The van der Waals surface area contributed by atoms with Crippen LogP contribution in [0.5, 0.6) is 5.75 Å². The number of esters is 1. The Hall–Kier alpha value is -1.14. The highest BCUT2D eigenvalue weighted by Crippen LogP contribution is 2.30. The summed E-state index contributed by atoms with van der Waals surface area (Å²) >= 11 is 2.87. The van der Waals surface area contributed by atoms with Crippen LogP contribution in [0.4, 0.5) is 4.39 Å². The van der Waals surface area contributed by atoms with E-state index in [2.05, 4.69) is 20.7 Å². The smallest absolute Gasteiger partial charge is 0.339 e. The molecule has 0 saturated heterocycles. The van der Waals surface area contributed by atoms with Crippen molar-refractivity contribution in [1.29, 1.82) is 0 Å². The highest BCUT2D eigenvalue weighted by molar-refractivity contribution is 9.10. The Labute approximate surface area is 93.4 Å². The van der Waals surface area contributed by atoms with Crippen molar-refractivity contribution in [3.05, 3.63) is 28.0 Å². The first-order chi connectivity index (χ1) is 6.97. The topological polar surface area (TPSA) is 66.8 Å². The minimum Gasteiger partial charge on any atom is -0.507 e. The average Bonchev–Trinajstić information content (AvgIpc) is 2.21. The highest BCUT2D eigenvalue weighted by atomic mass is 79.9. The molecule has 82 valence electrons. The Morgan fingerprint density at radius 2 is 2.20 bits per heavy atom. The van der Waals surface area contributed by atoms with Crippen LogP contribution in [0.3, 0.4) is 0 Å². The van der Waals surface area contributed by atoms with Gasteiger partial charge in [0.25, 0.3) is 0 Å². The fraction of sp³-hybridized carbons (Fsp3) is 0.222. The number of phenolic OH excluding ortho intramolecular Hbond substituents is 1. The first-order valence-corrected chi connectivity index (χ1v) is 4.70. The van der Waals surface area contributed by atoms with Crippen molar-refractivity contribution < 1.29 is 24.1 Å². The number of hydrogen-bond acceptors (Lipinski definition) is 4. The lowest BCUT2D eigenvalue weighted by Gasteiger charge is -2.11. The number of halogens is 2. The number of methoxy groups -OCH3 is 1. The van der Waals surface area contributed by atoms with Gasteiger partial charge in [-0.3, -0.25) is 0 Å². The molecule has 0 heterocycles. The van der Waals surface area contributed by atoms with Crippen LogP contribution in [0, 0.1) is 5.82 Å². The van der Waals surface area contributed by atoms with Gasteiger partial charge in [0.1, 0.15) is 11.6 Å². The second-order valence-corrected chi connectivity index (χ2v) is 3.61. The van der Waals surface area contributed by atoms with E-state index in [4.69, 9.17) is 0 Å². The molecule has 0 saturated carbocycles. The van der Waals surface area contributed by atoms with Crippen molar-refractivity contribution in [3.63, 3.8) is 0 Å². The van der Waals surface area contributed by atoms with Gasteiger partial charge in [-0.25, -0.2) is 9.18 Å². The molecule has 6 heteroatoms. The van der Waals surface area contributed by atoms with Gasteiger partial charge in [-0.1, -0.05) is 0 Å². The van der Waals surface area contributed by atoms with E-state index in [-0.39, 0.29) is 10.0 Å². The summed E-state index contributed by atoms with van der Waals surface area (Å²) in [4.78, 5) is 11.0. The molecule has 0 aliphatic rings. The second kappa shape index (κ2) is 4.59. The Morgan fingerprint density at radius 1 is 1.60 bits per heavy atom. The second-order valence-electron chi connectivity index (χ2n) is 2.75. The zero-order valence-corrected chi connectivity index (χ0v) is 9.28. The molecule has 1 atom stereocenters. The molecule has 0 aliphatic carbocycles. The lowest BCUT2D eigenvalue weighted by Crippen LogP contribution is -2.13. The van der Waals surface area contributed by atoms with E-state index in [0.717, 1.165) is 19.2 Å². The van der Waals surface area contributed by atoms with Crippen molar-refractivity contribution in [1.82, 2.24) is 0 Å². The van der Waals surface area contributed by atoms with Gasteiger partial charge in [0.15, 0.2) is 6.10 Å². The minimum atomic E-state index is -1.63. The van der Waals surface area contributed by atoms with Gasteiger partial charge in [-0.05, 0) is 22.0 Å². The van der Waals surface area contributed by atoms with Gasteiger partial charge >= 0.3 is 5.97 Å². The average molecular weight is 279 g/mol. The third kappa shape index (κ3) is 2.45. The standard InChI is InChI=1S/C9H8BrFO4/c1-15-9(14)8(13)4-2-5(10)6(11)3-7(4)12/h2-3,8,12-13H,1H3. The Balaban J connectivity index is 3.14. The van der Waals surface area contributed by atoms with Gasteiger partial charge in [0.05, 0.1) is 11.6 Å². The molecule has 0 aliphatic heterocycles. The summed E-state index contributed by atoms with van der Waals surface area (Å²) in [6.45, 7) is 0. The molecule has 1 unspecified atom stereocenters. The lowest BCUT2D eigenvalue weighted by atomic mass is 10.1. The monoisotopic (exact) mass is 278 g/mol. The Morgan fingerprint density at radius 3 is 2.73 bits per heavy atom. The fourth-order valence-electron chi connectivity index (χ4n) is 1.01. The largest absolute Gasteiger partial charge is 0.507 e. The molecule has 15 heavy (non-hydrogen) atoms. The molecular formula is C9H8BrFO4. The quantitative estimate of drug-likeness (QED) is 0.805. The highest BCUT2D eigenvalue weighted by Gasteiger charge is 2.22. The van der Waals surface area contributed by atoms with Crippen LogP contribution < -0.4 is 0 Å². The van der Waals surface area contributed by atoms with Gasteiger partial charge < -0.3 is 14.9 Å². The summed E-state index contributed by atoms with van der Waals surface area (Å²) in [6, 6.07) is 1.91. The summed E-state index contributed by atoms with van der Waals surface area (Å²) in [7, 11) is 1.10. The number of benzene rings is 1. The van der Waals surface area contributed by atoms with E-state index in [1.54, 1.807) is 0 Å². The maximum Gasteiger partial charge on any atom is 0.339 e. The van der Waals surface area contributed by atoms with Crippen LogP contribution in [-0.2, 0) is 9.53 Å². The predicted octanol–water partition coefficient (Wildman–Crippen LogP) is 1.50. The lowest BCUT2D eigenvalue weighted by molar-refractivity contribution is -0.150. The summed E-state index contributed by atoms with van der Waals surface area (Å²) in [6.07, 6.45) is -1.63. The molecule has 0 bridgehead atoms. The molecule has 1 aromatic carbocycles. The molecule has 0 aromatic heterocycles. The molecule has 1 aromatic rings. The van der Waals surface area contributed by atoms with Crippen LogP contribution in [0.25, 0.3) is 0 Å². The number of carbonyl (C=O) groups is 1. The van der Waals surface area contributed by atoms with Gasteiger partial charge in [-0.15, -0.1) is 0 Å². The number of rotatable bonds is 2. The fourth-order valence-corrected chi connectivity index (χ4v) is 1.37. The summed E-state index contributed by atoms with van der Waals surface area (Å²) in [5.41, 5.74) is -0.116. The van der Waals surface area contributed by atoms with Crippen LogP contribution in [0.1, 0.15) is 11.7 Å². The maximum atomic E-state index is 12.9. The minimum absolute atomic E-state index is 0.0400. The van der Waals surface area contributed by atoms with Crippen molar-refractivity contribution in [2.24, 2.45) is 0 Å². The molecule has 0 spiro atoms. The Kier molecular flexibility index (Phi) is 3.65. The predicted molar refractivity (Wildman–Crippen MR) is 52.7 cm³/mol. The van der Waals surface area contributed by atoms with Crippen molar-refractivity contribution in [2.45, 2.75) is 6.10 Å². The van der Waals surface area contributed by atoms with Crippen LogP contribution in [-0.4, -0.2) is 23.3 Å². The van der Waals surface area contributed by atoms with Gasteiger partial charge in [-0.2, -0.15) is 0 Å². The van der Waals surface area contributed by atoms with E-state index in [0.29, 0.717) is 0 Å². The summed E-state index contributed by atoms with van der Waals surface area (Å²) < 4.78 is 17.2. The molecule has 2 N–H and O–H groups in total. The van der Waals surface area contributed by atoms with Crippen molar-refractivity contribution >= 4 is 21.9 Å². The normalized spacial score (nSPS) is 12.3. The summed E-state index contributed by atoms with van der Waals surface area (Å²) in [5, 5.41) is 18.7. The van der Waals surface area contributed by atoms with Gasteiger partial charge in [0.2, 0.25) is 0 Å². The third-order valence-electron chi connectivity index (χ3n) is 1.79. The molecule has 0 fully saturated rings. The van der Waals surface area contributed by atoms with E-state index in [1.807, 2.05) is 0 Å². The maximum absolute atomic E-state index is 12.9. The first-order valence-electron chi connectivity index (χ1n) is 3.91. The van der Waals surface area contributed by atoms with Crippen LogP contribution >= 0.6 is 15.9 Å². The van der Waals surface area contributed by atoms with Gasteiger partial charge in [0, 0.05) is 11.6 Å². The summed E-state index contributed by atoms with van der Waals surface area (Å²) in [5.74, 6) is -2.12. The SMILES string of the molecule is COC(=O)C(O)c1cc(Br)c(F)cc1O. The van der Waals surface area contributed by atoms with E-state index in [1.165, 1.54) is 0 Å². The van der Waals surface area contributed by atoms with Crippen molar-refractivity contribution in [3.8, 4) is 5.75 Å². The van der Waals surface area contributed by atoms with Crippen LogP contribution in [0.15, 0.2) is 16.6 Å². The van der Waals surface area contributed by atoms with E-state index >= 15 is 0 Å². The first kappa shape index (κ1) is 11.9. The number of aliphatic hydroxyl groups is 1. The molecule has 0 amide bonds. The van der Waals surface area contributed by atoms with Crippen LogP contribution in [0.2, 0.25) is 0 Å². The number of carbonyl (C=O) groups excluding carboxylic acids is 1. The number of ether oxygens (including phenoxy) is 1. The molecule has 1 rings (SSSR count). The number of hydrogen-bond donors (Lipinski definition) is 2.